The van der Waals surface area contributed by atoms with Crippen LogP contribution in [0.3, 0.4) is 0 Å². The van der Waals surface area contributed by atoms with Crippen molar-refractivity contribution < 1.29 is 0 Å². The van der Waals surface area contributed by atoms with Crippen LogP contribution in [-0.2, 0) is 0 Å². The van der Waals surface area contributed by atoms with Gasteiger partial charge in [0.25, 0.3) is 0 Å². The fourth-order valence-corrected chi connectivity index (χ4v) is 0.839. The van der Waals surface area contributed by atoms with Gasteiger partial charge < -0.3 is 5.73 Å². The highest BCUT2D eigenvalue weighted by molar-refractivity contribution is 7.15. The molecule has 0 aliphatic rings. The molecule has 0 saturated carbocycles. The second kappa shape index (κ2) is 1.50. The van der Waals surface area contributed by atoms with Gasteiger partial charge in [0.15, 0.2) is 0 Å². The largest absolute Gasteiger partial charge is 0.389 e. The van der Waals surface area contributed by atoms with Crippen molar-refractivity contribution in [3.63, 3.8) is 0 Å². The topological polar surface area (TPSA) is 38.9 Å². The van der Waals surface area contributed by atoms with Crippen molar-refractivity contribution in [1.29, 1.82) is 0 Å². The predicted octanol–water partition coefficient (Wildman–Crippen LogP) is 0.834. The molecule has 1 aromatic rings. The zero-order chi connectivity index (χ0) is 5.28. The number of hydrogen-bond donors (Lipinski definition) is 1. The summed E-state index contributed by atoms with van der Waals surface area (Å²) in [6.45, 7) is 1.90. The van der Waals surface area contributed by atoms with Crippen LogP contribution in [0.4, 0.5) is 5.00 Å². The highest BCUT2D eigenvalue weighted by Crippen LogP contribution is 2.10. The molecule has 2 N–H and O–H groups in total. The molecule has 0 aliphatic heterocycles. The van der Waals surface area contributed by atoms with E-state index >= 15 is 0 Å². The van der Waals surface area contributed by atoms with E-state index in [4.69, 9.17) is 5.73 Å². The van der Waals surface area contributed by atoms with E-state index in [1.807, 2.05) is 6.92 Å². The Morgan fingerprint density at radius 3 is 2.71 bits per heavy atom. The number of rotatable bonds is 0. The third-order valence-corrected chi connectivity index (χ3v) is 1.28. The van der Waals surface area contributed by atoms with Gasteiger partial charge >= 0.3 is 0 Å². The van der Waals surface area contributed by atoms with Crippen molar-refractivity contribution >= 4 is 16.3 Å². The minimum Gasteiger partial charge on any atom is -0.389 e. The average molecular weight is 113 g/mol. The molecule has 1 aromatic heterocycles. The maximum absolute atomic E-state index is 5.28. The molecule has 0 fully saturated rings. The second-order valence-electron chi connectivity index (χ2n) is 1.21. The second-order valence-corrected chi connectivity index (χ2v) is 2.44. The number of nitrogens with two attached hydrogens (primary N) is 1. The van der Waals surface area contributed by atoms with Gasteiger partial charge in [-0.05, 0) is 6.92 Å². The van der Waals surface area contributed by atoms with E-state index in [1.54, 1.807) is 0 Å². The van der Waals surface area contributed by atoms with Gasteiger partial charge in [-0.15, -0.1) is 11.3 Å². The molecule has 0 aliphatic carbocycles. The SMILES string of the molecule is Cc1n[c]c(N)s1. The molecule has 1 radical (unpaired) electrons. The first kappa shape index (κ1) is 4.59. The van der Waals surface area contributed by atoms with E-state index in [-0.39, 0.29) is 0 Å². The van der Waals surface area contributed by atoms with Crippen molar-refractivity contribution in [2.45, 2.75) is 6.92 Å². The van der Waals surface area contributed by atoms with Crippen molar-refractivity contribution in [2.24, 2.45) is 0 Å². The molecule has 0 bridgehead atoms. The van der Waals surface area contributed by atoms with E-state index in [0.29, 0.717) is 5.00 Å². The number of anilines is 1. The van der Waals surface area contributed by atoms with Crippen LogP contribution in [0.15, 0.2) is 0 Å². The summed E-state index contributed by atoms with van der Waals surface area (Å²) in [7, 11) is 0. The van der Waals surface area contributed by atoms with Crippen molar-refractivity contribution in [1.82, 2.24) is 4.98 Å². The van der Waals surface area contributed by atoms with Gasteiger partial charge in [0.1, 0.15) is 11.2 Å². The molecule has 3 heteroatoms. The quantitative estimate of drug-likeness (QED) is 0.541. The van der Waals surface area contributed by atoms with Crippen molar-refractivity contribution in [3.8, 4) is 0 Å². The van der Waals surface area contributed by atoms with Crippen molar-refractivity contribution in [2.75, 3.05) is 5.73 Å². The van der Waals surface area contributed by atoms with Gasteiger partial charge in [-0.1, -0.05) is 0 Å². The molecule has 0 spiro atoms. The molecule has 1 rings (SSSR count). The van der Waals surface area contributed by atoms with E-state index in [2.05, 4.69) is 11.2 Å². The molecule has 37 valence electrons. The van der Waals surface area contributed by atoms with Gasteiger partial charge in [-0.25, -0.2) is 4.98 Å². The normalized spacial score (nSPS) is 9.29. The number of aryl methyl sites for hydroxylation is 1. The monoisotopic (exact) mass is 113 g/mol. The maximum atomic E-state index is 5.28. The Labute approximate surface area is 46.0 Å². The van der Waals surface area contributed by atoms with Crippen LogP contribution in [0, 0.1) is 13.1 Å². The Morgan fingerprint density at radius 1 is 1.86 bits per heavy atom. The van der Waals surface area contributed by atoms with Crippen LogP contribution in [0.5, 0.6) is 0 Å². The summed E-state index contributed by atoms with van der Waals surface area (Å²) < 4.78 is 0. The minimum atomic E-state index is 0.664. The van der Waals surface area contributed by atoms with E-state index in [0.717, 1.165) is 5.01 Å². The standard InChI is InChI=1S/C4H5N2S/c1-3-6-2-4(5)7-3/h5H2,1H3. The first-order chi connectivity index (χ1) is 3.29. The number of hydrogen-bond acceptors (Lipinski definition) is 3. The maximum Gasteiger partial charge on any atom is 0.126 e. The third-order valence-electron chi connectivity index (χ3n) is 0.581. The minimum absolute atomic E-state index is 0.664. The summed E-state index contributed by atoms with van der Waals surface area (Å²) in [5.74, 6) is 0. The highest BCUT2D eigenvalue weighted by atomic mass is 32.1. The summed E-state index contributed by atoms with van der Waals surface area (Å²) in [4.78, 5) is 3.78. The average Bonchev–Trinajstić information content (AvgIpc) is 1.87. The fraction of sp³-hybridized carbons (Fsp3) is 0.250. The molecule has 0 saturated heterocycles. The van der Waals surface area contributed by atoms with Crippen molar-refractivity contribution in [3.05, 3.63) is 11.2 Å². The van der Waals surface area contributed by atoms with Gasteiger partial charge in [-0.2, -0.15) is 0 Å². The highest BCUT2D eigenvalue weighted by Gasteiger charge is 1.88. The van der Waals surface area contributed by atoms with Gasteiger partial charge in [-0.3, -0.25) is 0 Å². The summed E-state index contributed by atoms with van der Waals surface area (Å²) >= 11 is 1.45. The van der Waals surface area contributed by atoms with Crippen LogP contribution in [0.2, 0.25) is 0 Å². The molecular weight excluding hydrogens is 108 g/mol. The molecule has 7 heavy (non-hydrogen) atoms. The Morgan fingerprint density at radius 2 is 2.57 bits per heavy atom. The smallest absolute Gasteiger partial charge is 0.126 e. The molecule has 2 nitrogen and oxygen atoms in total. The predicted molar refractivity (Wildman–Crippen MR) is 30.1 cm³/mol. The van der Waals surface area contributed by atoms with Crippen LogP contribution < -0.4 is 5.73 Å². The zero-order valence-corrected chi connectivity index (χ0v) is 4.75. The Hall–Kier alpha value is -0.570. The van der Waals surface area contributed by atoms with E-state index in [1.165, 1.54) is 11.3 Å². The van der Waals surface area contributed by atoms with Crippen LogP contribution >= 0.6 is 11.3 Å². The Bertz CT molecular complexity index is 142. The summed E-state index contributed by atoms with van der Waals surface area (Å²) in [6.07, 6.45) is 2.61. The summed E-state index contributed by atoms with van der Waals surface area (Å²) in [6, 6.07) is 0. The fourth-order valence-electron chi connectivity index (χ4n) is 0.339. The number of aromatic nitrogens is 1. The summed E-state index contributed by atoms with van der Waals surface area (Å²) in [5.41, 5.74) is 5.28. The van der Waals surface area contributed by atoms with Crippen LogP contribution in [0.1, 0.15) is 5.01 Å². The number of nitrogens with zero attached hydrogens (tertiary/aromatic N) is 1. The van der Waals surface area contributed by atoms with Crippen LogP contribution in [0.25, 0.3) is 0 Å². The molecule has 0 aromatic carbocycles. The first-order valence-electron chi connectivity index (χ1n) is 1.89. The lowest BCUT2D eigenvalue weighted by molar-refractivity contribution is 1.29. The molecule has 1 heterocycles. The molecule has 0 unspecified atom stereocenters. The number of nitrogen functional groups attached to an aromatic ring is 1. The van der Waals surface area contributed by atoms with Gasteiger partial charge in [0.2, 0.25) is 0 Å². The van der Waals surface area contributed by atoms with Gasteiger partial charge in [0.05, 0.1) is 5.01 Å². The molecule has 0 atom stereocenters. The lowest BCUT2D eigenvalue weighted by atomic mass is 10.8. The molecule has 0 amide bonds. The third kappa shape index (κ3) is 0.899. The lowest BCUT2D eigenvalue weighted by Gasteiger charge is -1.69. The summed E-state index contributed by atoms with van der Waals surface area (Å²) in [5, 5.41) is 1.63. The van der Waals surface area contributed by atoms with E-state index < -0.39 is 0 Å². The first-order valence-corrected chi connectivity index (χ1v) is 2.71. The van der Waals surface area contributed by atoms with Crippen LogP contribution in [-0.4, -0.2) is 4.98 Å². The Kier molecular flexibility index (Phi) is 0.982. The Balaban J connectivity index is 3.04. The van der Waals surface area contributed by atoms with E-state index in [9.17, 15) is 0 Å². The van der Waals surface area contributed by atoms with Gasteiger partial charge in [0, 0.05) is 0 Å². The molecular formula is C4H5N2S. The number of thiazole rings is 1. The zero-order valence-electron chi connectivity index (χ0n) is 3.93. The lowest BCUT2D eigenvalue weighted by Crippen LogP contribution is -1.73.